The van der Waals surface area contributed by atoms with E-state index in [0.29, 0.717) is 15.6 Å². The first-order valence-electron chi connectivity index (χ1n) is 7.02. The number of hydrazone groups is 1. The lowest BCUT2D eigenvalue weighted by Crippen LogP contribution is -2.19. The van der Waals surface area contributed by atoms with Crippen LogP contribution in [0.4, 0.5) is 5.69 Å². The van der Waals surface area contributed by atoms with Gasteiger partial charge < -0.3 is 9.84 Å². The predicted octanol–water partition coefficient (Wildman–Crippen LogP) is 2.76. The van der Waals surface area contributed by atoms with Crippen molar-refractivity contribution >= 4 is 33.7 Å². The third-order valence-corrected chi connectivity index (χ3v) is 3.79. The summed E-state index contributed by atoms with van der Waals surface area (Å²) in [6, 6.07) is 8.89. The van der Waals surface area contributed by atoms with Crippen molar-refractivity contribution in [3.8, 4) is 11.5 Å². The number of nitrogens with zero attached hydrogens (tertiary/aromatic N) is 2. The first-order chi connectivity index (χ1) is 11.9. The van der Waals surface area contributed by atoms with Crippen LogP contribution in [0.5, 0.6) is 11.5 Å². The first-order valence-corrected chi connectivity index (χ1v) is 7.81. The standard InChI is InChI=1S/C16H14BrN3O5/c1-25-14-7-11(6-13(17)16(14)22)9-18-19-15(21)8-10-2-4-12(5-3-10)20(23)24/h2-7,9,22H,8H2,1H3,(H,19,21). The molecule has 0 unspecified atom stereocenters. The van der Waals surface area contributed by atoms with Gasteiger partial charge >= 0.3 is 0 Å². The van der Waals surface area contributed by atoms with Crippen LogP contribution in [-0.2, 0) is 11.2 Å². The number of halogens is 1. The lowest BCUT2D eigenvalue weighted by atomic mass is 10.1. The van der Waals surface area contributed by atoms with Gasteiger partial charge in [-0.25, -0.2) is 5.43 Å². The maximum Gasteiger partial charge on any atom is 0.269 e. The Morgan fingerprint density at radius 3 is 2.68 bits per heavy atom. The molecule has 0 saturated carbocycles. The SMILES string of the molecule is COc1cc(C=NNC(=O)Cc2ccc([N+](=O)[O-])cc2)cc(Br)c1O. The highest BCUT2D eigenvalue weighted by Gasteiger charge is 2.08. The summed E-state index contributed by atoms with van der Waals surface area (Å²) < 4.78 is 5.46. The van der Waals surface area contributed by atoms with Crippen LogP contribution in [0.3, 0.4) is 0 Å². The number of nitro benzene ring substituents is 1. The van der Waals surface area contributed by atoms with E-state index >= 15 is 0 Å². The van der Waals surface area contributed by atoms with E-state index in [9.17, 15) is 20.0 Å². The summed E-state index contributed by atoms with van der Waals surface area (Å²) >= 11 is 3.19. The van der Waals surface area contributed by atoms with Gasteiger partial charge in [0, 0.05) is 12.1 Å². The van der Waals surface area contributed by atoms with Crippen LogP contribution in [0.15, 0.2) is 46.0 Å². The van der Waals surface area contributed by atoms with Crippen LogP contribution in [0.25, 0.3) is 0 Å². The molecular formula is C16H14BrN3O5. The average Bonchev–Trinajstić information content (AvgIpc) is 2.58. The van der Waals surface area contributed by atoms with Crippen LogP contribution >= 0.6 is 15.9 Å². The number of nitrogens with one attached hydrogen (secondary N) is 1. The molecule has 0 aromatic heterocycles. The largest absolute Gasteiger partial charge is 0.503 e. The molecule has 9 heteroatoms. The third kappa shape index (κ3) is 5.01. The van der Waals surface area contributed by atoms with Crippen molar-refractivity contribution < 1.29 is 19.6 Å². The van der Waals surface area contributed by atoms with Gasteiger partial charge in [0.2, 0.25) is 5.91 Å². The van der Waals surface area contributed by atoms with E-state index in [0.717, 1.165) is 0 Å². The Labute approximate surface area is 151 Å². The second-order valence-corrected chi connectivity index (χ2v) is 5.80. The average molecular weight is 408 g/mol. The topological polar surface area (TPSA) is 114 Å². The van der Waals surface area contributed by atoms with Crippen LogP contribution < -0.4 is 10.2 Å². The number of amides is 1. The Hall–Kier alpha value is -2.94. The summed E-state index contributed by atoms with van der Waals surface area (Å²) in [5.74, 6) is -0.121. The number of carbonyl (C=O) groups excluding carboxylic acids is 1. The number of carbonyl (C=O) groups is 1. The van der Waals surface area contributed by atoms with Crippen molar-refractivity contribution in [2.75, 3.05) is 7.11 Å². The molecule has 1 amide bonds. The molecule has 0 heterocycles. The van der Waals surface area contributed by atoms with Crippen LogP contribution in [0.1, 0.15) is 11.1 Å². The van der Waals surface area contributed by atoms with Crippen molar-refractivity contribution in [2.45, 2.75) is 6.42 Å². The number of rotatable bonds is 6. The molecule has 0 spiro atoms. The molecule has 2 aromatic rings. The Balaban J connectivity index is 1.96. The van der Waals surface area contributed by atoms with Gasteiger partial charge in [-0.05, 0) is 39.2 Å². The van der Waals surface area contributed by atoms with E-state index in [-0.39, 0.29) is 29.5 Å². The monoisotopic (exact) mass is 407 g/mol. The molecule has 0 aliphatic carbocycles. The molecule has 0 aliphatic rings. The van der Waals surface area contributed by atoms with Crippen LogP contribution in [-0.4, -0.2) is 29.3 Å². The molecule has 2 rings (SSSR count). The molecule has 8 nitrogen and oxygen atoms in total. The second-order valence-electron chi connectivity index (χ2n) is 4.95. The highest BCUT2D eigenvalue weighted by molar-refractivity contribution is 9.10. The molecule has 2 aromatic carbocycles. The summed E-state index contributed by atoms with van der Waals surface area (Å²) in [7, 11) is 1.42. The third-order valence-electron chi connectivity index (χ3n) is 3.19. The van der Waals surface area contributed by atoms with Crippen molar-refractivity contribution in [3.63, 3.8) is 0 Å². The minimum atomic E-state index is -0.502. The lowest BCUT2D eigenvalue weighted by molar-refractivity contribution is -0.384. The summed E-state index contributed by atoms with van der Waals surface area (Å²) in [5.41, 5.74) is 3.57. The fraction of sp³-hybridized carbons (Fsp3) is 0.125. The van der Waals surface area contributed by atoms with E-state index in [1.165, 1.54) is 37.6 Å². The molecule has 0 fully saturated rings. The zero-order valence-corrected chi connectivity index (χ0v) is 14.7. The number of phenolic OH excluding ortho intramolecular Hbond substituents is 1. The predicted molar refractivity (Wildman–Crippen MR) is 94.9 cm³/mol. The molecule has 2 N–H and O–H groups in total. The number of benzene rings is 2. The van der Waals surface area contributed by atoms with Crippen molar-refractivity contribution in [2.24, 2.45) is 5.10 Å². The number of hydrogen-bond donors (Lipinski definition) is 2. The van der Waals surface area contributed by atoms with Crippen molar-refractivity contribution in [1.29, 1.82) is 0 Å². The highest BCUT2D eigenvalue weighted by Crippen LogP contribution is 2.34. The molecule has 0 radical (unpaired) electrons. The van der Waals surface area contributed by atoms with Crippen LogP contribution in [0, 0.1) is 10.1 Å². The van der Waals surface area contributed by atoms with Gasteiger partial charge in [0.05, 0.1) is 29.1 Å². The summed E-state index contributed by atoms with van der Waals surface area (Å²) in [6.07, 6.45) is 1.44. The number of nitro groups is 1. The summed E-state index contributed by atoms with van der Waals surface area (Å²) in [6.45, 7) is 0. The Morgan fingerprint density at radius 2 is 2.08 bits per heavy atom. The van der Waals surface area contributed by atoms with E-state index in [1.807, 2.05) is 0 Å². The molecule has 0 aliphatic heterocycles. The number of non-ortho nitro benzene ring substituents is 1. The molecule has 0 atom stereocenters. The van der Waals surface area contributed by atoms with Crippen molar-refractivity contribution in [1.82, 2.24) is 5.43 Å². The van der Waals surface area contributed by atoms with Gasteiger partial charge in [-0.1, -0.05) is 12.1 Å². The van der Waals surface area contributed by atoms with Gasteiger partial charge in [-0.15, -0.1) is 0 Å². The Kier molecular flexibility index (Phi) is 6.07. The first kappa shape index (κ1) is 18.4. The smallest absolute Gasteiger partial charge is 0.269 e. The molecule has 130 valence electrons. The zero-order chi connectivity index (χ0) is 18.4. The van der Waals surface area contributed by atoms with Gasteiger partial charge in [-0.2, -0.15) is 5.10 Å². The summed E-state index contributed by atoms with van der Waals surface area (Å²) in [4.78, 5) is 21.9. The normalized spacial score (nSPS) is 10.6. The van der Waals surface area contributed by atoms with E-state index in [1.54, 1.807) is 12.1 Å². The fourth-order valence-electron chi connectivity index (χ4n) is 1.96. The minimum absolute atomic E-state index is 0.0261. The number of methoxy groups -OCH3 is 1. The number of ether oxygens (including phenoxy) is 1. The lowest BCUT2D eigenvalue weighted by Gasteiger charge is -2.06. The van der Waals surface area contributed by atoms with Gasteiger partial charge in [0.15, 0.2) is 11.5 Å². The van der Waals surface area contributed by atoms with E-state index in [2.05, 4.69) is 26.5 Å². The molecule has 0 saturated heterocycles. The number of hydrogen-bond acceptors (Lipinski definition) is 6. The zero-order valence-electron chi connectivity index (χ0n) is 13.1. The van der Waals surface area contributed by atoms with Gasteiger partial charge in [0.25, 0.3) is 5.69 Å². The maximum absolute atomic E-state index is 11.8. The van der Waals surface area contributed by atoms with E-state index in [4.69, 9.17) is 4.74 Å². The molecular weight excluding hydrogens is 394 g/mol. The summed E-state index contributed by atoms with van der Waals surface area (Å²) in [5, 5.41) is 24.1. The Bertz CT molecular complexity index is 821. The maximum atomic E-state index is 11.8. The van der Waals surface area contributed by atoms with Crippen LogP contribution in [0.2, 0.25) is 0 Å². The Morgan fingerprint density at radius 1 is 1.40 bits per heavy atom. The second kappa shape index (κ2) is 8.25. The van der Waals surface area contributed by atoms with E-state index < -0.39 is 4.92 Å². The quantitative estimate of drug-likeness (QED) is 0.434. The molecule has 25 heavy (non-hydrogen) atoms. The van der Waals surface area contributed by atoms with Gasteiger partial charge in [0.1, 0.15) is 0 Å². The number of aromatic hydroxyl groups is 1. The highest BCUT2D eigenvalue weighted by atomic mass is 79.9. The number of phenols is 1. The van der Waals surface area contributed by atoms with Crippen molar-refractivity contribution in [3.05, 3.63) is 62.1 Å². The molecule has 0 bridgehead atoms. The minimum Gasteiger partial charge on any atom is -0.503 e. The fourth-order valence-corrected chi connectivity index (χ4v) is 2.42. The van der Waals surface area contributed by atoms with Gasteiger partial charge in [-0.3, -0.25) is 14.9 Å².